The number of rotatable bonds is 4. The molecule has 0 aromatic carbocycles. The van der Waals surface area contributed by atoms with Gasteiger partial charge in [-0.05, 0) is 20.8 Å². The topological polar surface area (TPSA) is 163 Å². The number of hydrogen-bond donors (Lipinski definition) is 5. The Morgan fingerprint density at radius 2 is 2.00 bits per heavy atom. The van der Waals surface area contributed by atoms with E-state index in [1.165, 1.54) is 0 Å². The second-order valence-electron chi connectivity index (χ2n) is 6.91. The number of aromatic nitrogens is 2. The molecular weight excluding hydrogens is 350 g/mol. The molecule has 1 aromatic rings. The number of aliphatic hydroxyl groups excluding tert-OH is 3. The summed E-state index contributed by atoms with van der Waals surface area (Å²) in [6.45, 7) is 4.25. The van der Waals surface area contributed by atoms with Crippen molar-refractivity contribution in [2.45, 2.75) is 57.5 Å². The number of carbonyl (C=O) groups excluding carboxylic acids is 1. The van der Waals surface area contributed by atoms with Crippen molar-refractivity contribution in [1.29, 1.82) is 0 Å². The highest BCUT2D eigenvalue weighted by Gasteiger charge is 2.43. The molecule has 2 rings (SSSR count). The van der Waals surface area contributed by atoms with Crippen molar-refractivity contribution in [1.82, 2.24) is 14.9 Å². The van der Waals surface area contributed by atoms with E-state index >= 15 is 0 Å². The van der Waals surface area contributed by atoms with Gasteiger partial charge in [-0.3, -0.25) is 14.3 Å². The summed E-state index contributed by atoms with van der Waals surface area (Å²) in [6, 6.07) is 0. The van der Waals surface area contributed by atoms with E-state index < -0.39 is 54.1 Å². The lowest BCUT2D eigenvalue weighted by atomic mass is 10.1. The lowest BCUT2D eigenvalue weighted by molar-refractivity contribution is -0.0551. The number of alkyl carbamates (subject to hydrolysis) is 1. The lowest BCUT2D eigenvalue weighted by Gasteiger charge is -2.20. The molecule has 1 amide bonds. The minimum atomic E-state index is -1.48. The van der Waals surface area contributed by atoms with Crippen LogP contribution in [0.2, 0.25) is 0 Å². The zero-order valence-corrected chi connectivity index (χ0v) is 14.6. The van der Waals surface area contributed by atoms with Crippen LogP contribution in [-0.4, -0.2) is 61.5 Å². The standard InChI is InChI=1S/C15H23N3O8/c1-15(2,3)26-14(24)16-4-7-5-18(13(23)17-11(7)22)12-10(21)9(20)8(6-19)25-12/h5,8-10,12,19-21H,4,6H2,1-3H3,(H,16,24)(H,17,22,23)/t8-,9?,10+,12-/m1/s1. The van der Waals surface area contributed by atoms with Crippen LogP contribution in [-0.2, 0) is 16.0 Å². The molecule has 26 heavy (non-hydrogen) atoms. The maximum absolute atomic E-state index is 12.0. The smallest absolute Gasteiger partial charge is 0.407 e. The number of nitrogens with one attached hydrogen (secondary N) is 2. The molecule has 11 nitrogen and oxygen atoms in total. The van der Waals surface area contributed by atoms with Gasteiger partial charge >= 0.3 is 11.8 Å². The molecule has 1 aliphatic heterocycles. The average Bonchev–Trinajstić information content (AvgIpc) is 2.80. The Balaban J connectivity index is 2.21. The second-order valence-corrected chi connectivity index (χ2v) is 6.91. The van der Waals surface area contributed by atoms with Crippen molar-refractivity contribution >= 4 is 6.09 Å². The van der Waals surface area contributed by atoms with Crippen LogP contribution in [0.1, 0.15) is 32.6 Å². The number of carbonyl (C=O) groups is 1. The largest absolute Gasteiger partial charge is 0.444 e. The normalized spacial score (nSPS) is 25.9. The van der Waals surface area contributed by atoms with Gasteiger partial charge in [0, 0.05) is 6.20 Å². The molecule has 146 valence electrons. The number of ether oxygens (including phenoxy) is 2. The second kappa shape index (κ2) is 7.58. The molecular formula is C15H23N3O8. The molecule has 4 atom stereocenters. The van der Waals surface area contributed by atoms with Crippen LogP contribution in [0.3, 0.4) is 0 Å². The zero-order valence-electron chi connectivity index (χ0n) is 14.6. The van der Waals surface area contributed by atoms with E-state index in [9.17, 15) is 24.6 Å². The van der Waals surface area contributed by atoms with Crippen LogP contribution < -0.4 is 16.6 Å². The summed E-state index contributed by atoms with van der Waals surface area (Å²) in [5, 5.41) is 31.3. The molecule has 1 aliphatic rings. The van der Waals surface area contributed by atoms with Crippen LogP contribution >= 0.6 is 0 Å². The molecule has 1 fully saturated rings. The van der Waals surface area contributed by atoms with Gasteiger partial charge in [0.25, 0.3) is 5.56 Å². The third kappa shape index (κ3) is 4.49. The van der Waals surface area contributed by atoms with Crippen molar-refractivity contribution in [2.24, 2.45) is 0 Å². The zero-order chi connectivity index (χ0) is 19.6. The summed E-state index contributed by atoms with van der Waals surface area (Å²) in [5.41, 5.74) is -2.31. The highest BCUT2D eigenvalue weighted by molar-refractivity contribution is 5.67. The molecule has 1 unspecified atom stereocenters. The Kier molecular flexibility index (Phi) is 5.86. The maximum Gasteiger partial charge on any atom is 0.407 e. The third-order valence-corrected chi connectivity index (χ3v) is 3.65. The molecule has 1 aromatic heterocycles. The van der Waals surface area contributed by atoms with Crippen molar-refractivity contribution in [3.05, 3.63) is 32.6 Å². The number of aliphatic hydroxyl groups is 3. The molecule has 1 saturated heterocycles. The Morgan fingerprint density at radius 3 is 2.54 bits per heavy atom. The Hall–Kier alpha value is -2.21. The van der Waals surface area contributed by atoms with E-state index in [-0.39, 0.29) is 12.1 Å². The summed E-state index contributed by atoms with van der Waals surface area (Å²) >= 11 is 0. The van der Waals surface area contributed by atoms with Gasteiger partial charge in [0.1, 0.15) is 23.9 Å². The summed E-state index contributed by atoms with van der Waals surface area (Å²) in [5.74, 6) is 0. The van der Waals surface area contributed by atoms with Crippen LogP contribution in [0.5, 0.6) is 0 Å². The molecule has 5 N–H and O–H groups in total. The molecule has 0 radical (unpaired) electrons. The SMILES string of the molecule is CC(C)(C)OC(=O)NCc1cn([C@@H]2O[C@H](CO)C(O)[C@@H]2O)c(=O)[nH]c1=O. The first-order valence-corrected chi connectivity index (χ1v) is 7.97. The minimum Gasteiger partial charge on any atom is -0.444 e. The first-order valence-electron chi connectivity index (χ1n) is 7.97. The van der Waals surface area contributed by atoms with Crippen LogP contribution in [0, 0.1) is 0 Å². The fraction of sp³-hybridized carbons (Fsp3) is 0.667. The first kappa shape index (κ1) is 20.1. The van der Waals surface area contributed by atoms with Crippen molar-refractivity contribution in [3.63, 3.8) is 0 Å². The van der Waals surface area contributed by atoms with E-state index in [1.54, 1.807) is 20.8 Å². The van der Waals surface area contributed by atoms with Gasteiger partial charge in [-0.15, -0.1) is 0 Å². The fourth-order valence-electron chi connectivity index (χ4n) is 2.43. The van der Waals surface area contributed by atoms with E-state index in [0.717, 1.165) is 10.8 Å². The summed E-state index contributed by atoms with van der Waals surface area (Å²) in [4.78, 5) is 37.7. The molecule has 0 saturated carbocycles. The predicted molar refractivity (Wildman–Crippen MR) is 87.4 cm³/mol. The van der Waals surface area contributed by atoms with Crippen molar-refractivity contribution < 1.29 is 29.6 Å². The number of aromatic amines is 1. The van der Waals surface area contributed by atoms with Gasteiger partial charge in [-0.2, -0.15) is 0 Å². The molecule has 0 spiro atoms. The number of nitrogens with zero attached hydrogens (tertiary/aromatic N) is 1. The summed E-state index contributed by atoms with van der Waals surface area (Å²) in [7, 11) is 0. The summed E-state index contributed by atoms with van der Waals surface area (Å²) in [6.07, 6.45) is -4.89. The van der Waals surface area contributed by atoms with Crippen molar-refractivity contribution in [3.8, 4) is 0 Å². The quantitative estimate of drug-likeness (QED) is 0.411. The van der Waals surface area contributed by atoms with E-state index in [1.807, 2.05) is 4.98 Å². The lowest BCUT2D eigenvalue weighted by Crippen LogP contribution is -2.40. The number of H-pyrrole nitrogens is 1. The minimum absolute atomic E-state index is 0.00759. The monoisotopic (exact) mass is 373 g/mol. The predicted octanol–water partition coefficient (Wildman–Crippen LogP) is -1.83. The average molecular weight is 373 g/mol. The van der Waals surface area contributed by atoms with E-state index in [0.29, 0.717) is 0 Å². The molecule has 0 bridgehead atoms. The van der Waals surface area contributed by atoms with Crippen molar-refractivity contribution in [2.75, 3.05) is 6.61 Å². The molecule has 11 heteroatoms. The number of hydrogen-bond acceptors (Lipinski definition) is 8. The Labute approximate surface area is 148 Å². The highest BCUT2D eigenvalue weighted by Crippen LogP contribution is 2.27. The van der Waals surface area contributed by atoms with Gasteiger partial charge in [0.15, 0.2) is 6.23 Å². The van der Waals surface area contributed by atoms with Crippen LogP contribution in [0.4, 0.5) is 4.79 Å². The molecule has 0 aliphatic carbocycles. The highest BCUT2D eigenvalue weighted by atomic mass is 16.6. The fourth-order valence-corrected chi connectivity index (χ4v) is 2.43. The van der Waals surface area contributed by atoms with Gasteiger partial charge in [-0.25, -0.2) is 9.59 Å². The van der Waals surface area contributed by atoms with Crippen LogP contribution in [0.25, 0.3) is 0 Å². The third-order valence-electron chi connectivity index (χ3n) is 3.65. The summed E-state index contributed by atoms with van der Waals surface area (Å²) < 4.78 is 11.2. The van der Waals surface area contributed by atoms with Gasteiger partial charge in [0.05, 0.1) is 18.7 Å². The number of amides is 1. The maximum atomic E-state index is 12.0. The van der Waals surface area contributed by atoms with E-state index in [4.69, 9.17) is 14.6 Å². The van der Waals surface area contributed by atoms with Crippen LogP contribution in [0.15, 0.2) is 15.8 Å². The van der Waals surface area contributed by atoms with Gasteiger partial charge < -0.3 is 30.1 Å². The van der Waals surface area contributed by atoms with E-state index in [2.05, 4.69) is 5.32 Å². The van der Waals surface area contributed by atoms with Gasteiger partial charge in [0.2, 0.25) is 0 Å². The Bertz CT molecular complexity index is 765. The Morgan fingerprint density at radius 1 is 1.35 bits per heavy atom. The van der Waals surface area contributed by atoms with Gasteiger partial charge in [-0.1, -0.05) is 0 Å². The first-order chi connectivity index (χ1) is 12.0. The molecule has 2 heterocycles.